The number of fused-ring (bicyclic) bond motifs is 1. The van der Waals surface area contributed by atoms with Gasteiger partial charge in [-0.2, -0.15) is 5.10 Å². The summed E-state index contributed by atoms with van der Waals surface area (Å²) in [5, 5.41) is 14.8. The molecule has 0 radical (unpaired) electrons. The molecule has 1 atom stereocenters. The highest BCUT2D eigenvalue weighted by Crippen LogP contribution is 2.30. The van der Waals surface area contributed by atoms with Gasteiger partial charge in [-0.3, -0.25) is 4.79 Å². The second kappa shape index (κ2) is 6.82. The average molecular weight is 325 g/mol. The van der Waals surface area contributed by atoms with E-state index in [0.29, 0.717) is 17.1 Å². The Kier molecular flexibility index (Phi) is 4.42. The molecule has 7 heteroatoms. The highest BCUT2D eigenvalue weighted by molar-refractivity contribution is 5.97. The Morgan fingerprint density at radius 1 is 1.12 bits per heavy atom. The van der Waals surface area contributed by atoms with E-state index in [1.165, 1.54) is 12.3 Å². The van der Waals surface area contributed by atoms with Crippen molar-refractivity contribution in [2.24, 2.45) is 5.10 Å². The van der Waals surface area contributed by atoms with Gasteiger partial charge < -0.3 is 19.4 Å². The lowest BCUT2D eigenvalue weighted by Gasteiger charge is -2.24. The first-order valence-electron chi connectivity index (χ1n) is 7.17. The van der Waals surface area contributed by atoms with Crippen LogP contribution in [-0.4, -0.2) is 30.8 Å². The van der Waals surface area contributed by atoms with Crippen LogP contribution in [0.1, 0.15) is 15.9 Å². The van der Waals surface area contributed by atoms with E-state index in [1.54, 1.807) is 36.4 Å². The summed E-state index contributed by atoms with van der Waals surface area (Å²) in [5.41, 5.74) is 2.62. The van der Waals surface area contributed by atoms with Gasteiger partial charge >= 0.3 is 0 Å². The summed E-state index contributed by atoms with van der Waals surface area (Å²) in [6.45, 7) is 0.0635. The van der Waals surface area contributed by atoms with E-state index in [0.717, 1.165) is 0 Å². The highest BCUT2D eigenvalue weighted by atomic mass is 16.6. The maximum absolute atomic E-state index is 12.1. The first kappa shape index (κ1) is 15.5. The average Bonchev–Trinajstić information content (AvgIpc) is 2.61. The van der Waals surface area contributed by atoms with Crippen LogP contribution < -0.4 is 20.0 Å². The molecule has 0 saturated heterocycles. The van der Waals surface area contributed by atoms with Gasteiger partial charge in [0.25, 0.3) is 5.91 Å². The first-order valence-corrected chi connectivity index (χ1v) is 7.17. The van der Waals surface area contributed by atoms with Gasteiger partial charge in [-0.25, -0.2) is 5.43 Å². The minimum absolute atomic E-state index is 0.0123. The van der Waals surface area contributed by atoms with Crippen LogP contribution in [0.2, 0.25) is 0 Å². The lowest BCUT2D eigenvalue weighted by Crippen LogP contribution is -2.42. The number of para-hydroxylation sites is 2. The van der Waals surface area contributed by atoms with Crippen molar-refractivity contribution in [3.63, 3.8) is 0 Å². The third-order valence-electron chi connectivity index (χ3n) is 3.36. The number of carboxylic acid groups (broad SMARTS) is 1. The molecule has 0 aliphatic carbocycles. The van der Waals surface area contributed by atoms with E-state index in [4.69, 9.17) is 9.47 Å². The largest absolute Gasteiger partial charge is 0.545 e. The number of aromatic carboxylic acids is 1. The Hall–Kier alpha value is -3.35. The van der Waals surface area contributed by atoms with Crippen molar-refractivity contribution >= 4 is 18.1 Å². The lowest BCUT2D eigenvalue weighted by molar-refractivity contribution is -0.255. The molecule has 3 rings (SSSR count). The third kappa shape index (κ3) is 3.35. The summed E-state index contributed by atoms with van der Waals surface area (Å²) < 4.78 is 11.0. The Balaban J connectivity index is 1.63. The fourth-order valence-corrected chi connectivity index (χ4v) is 2.18. The normalized spacial score (nSPS) is 15.9. The SMILES string of the molecule is O=C([O-])c1ccccc1/C=N\NC(=O)[C@H]1COc2ccccc2O1. The molecule has 0 fully saturated rings. The van der Waals surface area contributed by atoms with Crippen LogP contribution in [0.25, 0.3) is 0 Å². The summed E-state index contributed by atoms with van der Waals surface area (Å²) in [4.78, 5) is 23.0. The number of carbonyl (C=O) groups is 2. The second-order valence-electron chi connectivity index (χ2n) is 4.97. The van der Waals surface area contributed by atoms with Crippen LogP contribution in [0, 0.1) is 0 Å². The molecule has 7 nitrogen and oxygen atoms in total. The zero-order valence-electron chi connectivity index (χ0n) is 12.5. The molecule has 0 bridgehead atoms. The van der Waals surface area contributed by atoms with Gasteiger partial charge in [0.05, 0.1) is 12.2 Å². The molecule has 122 valence electrons. The molecule has 1 aliphatic rings. The monoisotopic (exact) mass is 325 g/mol. The first-order chi connectivity index (χ1) is 11.6. The van der Waals surface area contributed by atoms with E-state index in [2.05, 4.69) is 10.5 Å². The Morgan fingerprint density at radius 3 is 2.62 bits per heavy atom. The lowest BCUT2D eigenvalue weighted by atomic mass is 10.1. The standard InChI is InChI=1S/C17H14N2O5/c20-16(15-10-23-13-7-3-4-8-14(13)24-15)19-18-9-11-5-1-2-6-12(11)17(21)22/h1-9,15H,10H2,(H,19,20)(H,21,22)/p-1/b18-9-/t15-/m1/s1. The molecule has 2 aromatic carbocycles. The summed E-state index contributed by atoms with van der Waals surface area (Å²) in [7, 11) is 0. The van der Waals surface area contributed by atoms with Crippen molar-refractivity contribution in [2.45, 2.75) is 6.10 Å². The highest BCUT2D eigenvalue weighted by Gasteiger charge is 2.26. The van der Waals surface area contributed by atoms with Gasteiger partial charge in [-0.05, 0) is 12.1 Å². The zero-order chi connectivity index (χ0) is 16.9. The molecule has 2 aromatic rings. The predicted octanol–water partition coefficient (Wildman–Crippen LogP) is 0.340. The van der Waals surface area contributed by atoms with Gasteiger partial charge in [0.2, 0.25) is 6.10 Å². The summed E-state index contributed by atoms with van der Waals surface area (Å²) >= 11 is 0. The summed E-state index contributed by atoms with van der Waals surface area (Å²) in [6.07, 6.45) is 0.397. The van der Waals surface area contributed by atoms with Gasteiger partial charge in [-0.15, -0.1) is 0 Å². The van der Waals surface area contributed by atoms with Crippen molar-refractivity contribution in [3.05, 3.63) is 59.7 Å². The Labute approximate surface area is 137 Å². The van der Waals surface area contributed by atoms with Crippen molar-refractivity contribution in [2.75, 3.05) is 6.61 Å². The van der Waals surface area contributed by atoms with Gasteiger partial charge in [0, 0.05) is 11.1 Å². The van der Waals surface area contributed by atoms with E-state index >= 15 is 0 Å². The minimum Gasteiger partial charge on any atom is -0.545 e. The number of hydrogen-bond donors (Lipinski definition) is 1. The molecule has 0 saturated carbocycles. The fourth-order valence-electron chi connectivity index (χ4n) is 2.18. The van der Waals surface area contributed by atoms with Crippen LogP contribution in [0.3, 0.4) is 0 Å². The number of carbonyl (C=O) groups excluding carboxylic acids is 2. The van der Waals surface area contributed by atoms with Crippen LogP contribution in [0.15, 0.2) is 53.6 Å². The number of carboxylic acids is 1. The van der Waals surface area contributed by atoms with Gasteiger partial charge in [0.15, 0.2) is 11.5 Å². The molecule has 1 N–H and O–H groups in total. The number of nitrogens with zero attached hydrogens (tertiary/aromatic N) is 1. The van der Waals surface area contributed by atoms with E-state index < -0.39 is 18.0 Å². The zero-order valence-corrected chi connectivity index (χ0v) is 12.5. The van der Waals surface area contributed by atoms with Crippen LogP contribution in [0.4, 0.5) is 0 Å². The number of rotatable bonds is 4. The predicted molar refractivity (Wildman–Crippen MR) is 82.9 cm³/mol. The number of benzene rings is 2. The van der Waals surface area contributed by atoms with Crippen molar-refractivity contribution in [3.8, 4) is 11.5 Å². The molecule has 0 aromatic heterocycles. The van der Waals surface area contributed by atoms with Crippen LogP contribution >= 0.6 is 0 Å². The summed E-state index contributed by atoms with van der Waals surface area (Å²) in [6, 6.07) is 13.2. The topological polar surface area (TPSA) is 100 Å². The molecular weight excluding hydrogens is 312 g/mol. The third-order valence-corrected chi connectivity index (χ3v) is 3.36. The molecule has 1 aliphatic heterocycles. The van der Waals surface area contributed by atoms with Crippen molar-refractivity contribution in [1.29, 1.82) is 0 Å². The molecule has 1 amide bonds. The number of hydrazone groups is 1. The Morgan fingerprint density at radius 2 is 1.83 bits per heavy atom. The van der Waals surface area contributed by atoms with E-state index in [1.807, 2.05) is 6.07 Å². The van der Waals surface area contributed by atoms with Crippen molar-refractivity contribution in [1.82, 2.24) is 5.43 Å². The molecule has 0 spiro atoms. The number of hydrogen-bond acceptors (Lipinski definition) is 6. The molecular formula is C17H13N2O5-. The molecule has 24 heavy (non-hydrogen) atoms. The second-order valence-corrected chi connectivity index (χ2v) is 4.97. The van der Waals surface area contributed by atoms with E-state index in [9.17, 15) is 14.7 Å². The number of ether oxygens (including phenoxy) is 2. The smallest absolute Gasteiger partial charge is 0.284 e. The van der Waals surface area contributed by atoms with E-state index in [-0.39, 0.29) is 12.2 Å². The maximum atomic E-state index is 12.1. The van der Waals surface area contributed by atoms with Gasteiger partial charge in [-0.1, -0.05) is 36.4 Å². The number of nitrogens with one attached hydrogen (secondary N) is 1. The fraction of sp³-hybridized carbons (Fsp3) is 0.118. The van der Waals surface area contributed by atoms with Crippen LogP contribution in [-0.2, 0) is 4.79 Å². The minimum atomic E-state index is -1.32. The Bertz CT molecular complexity index is 803. The summed E-state index contributed by atoms with van der Waals surface area (Å²) in [5.74, 6) is -0.751. The van der Waals surface area contributed by atoms with Crippen molar-refractivity contribution < 1.29 is 24.2 Å². The quantitative estimate of drug-likeness (QED) is 0.645. The molecule has 0 unspecified atom stereocenters. The van der Waals surface area contributed by atoms with Crippen LogP contribution in [0.5, 0.6) is 11.5 Å². The molecule has 1 heterocycles. The maximum Gasteiger partial charge on any atom is 0.284 e. The number of amides is 1. The van der Waals surface area contributed by atoms with Gasteiger partial charge in [0.1, 0.15) is 6.61 Å².